The molecule has 1 aromatic carbocycles. The Balaban J connectivity index is 2.06. The van der Waals surface area contributed by atoms with Crippen molar-refractivity contribution in [2.75, 3.05) is 6.54 Å². The van der Waals surface area contributed by atoms with Gasteiger partial charge in [0, 0.05) is 24.7 Å². The van der Waals surface area contributed by atoms with Crippen molar-refractivity contribution in [2.24, 2.45) is 0 Å². The van der Waals surface area contributed by atoms with Crippen molar-refractivity contribution < 1.29 is 9.72 Å². The van der Waals surface area contributed by atoms with E-state index in [0.717, 1.165) is 19.4 Å². The number of benzene rings is 1. The summed E-state index contributed by atoms with van der Waals surface area (Å²) in [5.74, 6) is 0.0627. The molecule has 0 unspecified atom stereocenters. The molecule has 1 aliphatic rings. The van der Waals surface area contributed by atoms with E-state index in [1.807, 2.05) is 4.90 Å². The smallest absolute Gasteiger partial charge is 0.269 e. The minimum absolute atomic E-state index is 0.0389. The van der Waals surface area contributed by atoms with Crippen LogP contribution >= 0.6 is 0 Å². The molecule has 0 radical (unpaired) electrons. The molecule has 5 nitrogen and oxygen atoms in total. The summed E-state index contributed by atoms with van der Waals surface area (Å²) >= 11 is 0. The molecule has 1 aromatic rings. The van der Waals surface area contributed by atoms with Gasteiger partial charge in [-0.2, -0.15) is 0 Å². The number of rotatable bonds is 3. The van der Waals surface area contributed by atoms with E-state index in [0.29, 0.717) is 5.56 Å². The molecule has 0 N–H and O–H groups in total. The Hall–Kier alpha value is -1.91. The lowest BCUT2D eigenvalue weighted by Gasteiger charge is -2.33. The van der Waals surface area contributed by atoms with Crippen LogP contribution in [0, 0.1) is 10.1 Å². The number of nitro benzene ring substituents is 1. The van der Waals surface area contributed by atoms with Crippen LogP contribution < -0.4 is 0 Å². The van der Waals surface area contributed by atoms with Crippen molar-refractivity contribution in [3.63, 3.8) is 0 Å². The number of nitrogens with zero attached hydrogens (tertiary/aromatic N) is 2. The van der Waals surface area contributed by atoms with E-state index in [1.54, 1.807) is 12.1 Å². The first-order valence-electron chi connectivity index (χ1n) is 6.60. The van der Waals surface area contributed by atoms with Gasteiger partial charge < -0.3 is 4.90 Å². The molecule has 1 saturated heterocycles. The highest BCUT2D eigenvalue weighted by Crippen LogP contribution is 2.19. The van der Waals surface area contributed by atoms with E-state index < -0.39 is 4.92 Å². The fourth-order valence-corrected chi connectivity index (χ4v) is 2.52. The third-order valence-electron chi connectivity index (χ3n) is 3.60. The molecular formula is C14H18N2O3. The maximum Gasteiger partial charge on any atom is 0.269 e. The van der Waals surface area contributed by atoms with Gasteiger partial charge in [-0.1, -0.05) is 12.1 Å². The standard InChI is InChI=1S/C14H18N2O3/c1-11-5-2-3-8-15(11)14(17)10-12-6-4-7-13(9-12)16(18)19/h4,6-7,9,11H,2-3,5,8,10H2,1H3/t11-/m0/s1. The van der Waals surface area contributed by atoms with E-state index >= 15 is 0 Å². The van der Waals surface area contributed by atoms with Crippen LogP contribution in [0.1, 0.15) is 31.7 Å². The fraction of sp³-hybridized carbons (Fsp3) is 0.500. The molecule has 1 heterocycles. The maximum absolute atomic E-state index is 12.2. The third-order valence-corrected chi connectivity index (χ3v) is 3.60. The number of piperidine rings is 1. The van der Waals surface area contributed by atoms with Crippen LogP contribution in [0.15, 0.2) is 24.3 Å². The Morgan fingerprint density at radius 3 is 2.95 bits per heavy atom. The molecule has 0 spiro atoms. The maximum atomic E-state index is 12.2. The minimum atomic E-state index is -0.433. The zero-order valence-electron chi connectivity index (χ0n) is 11.0. The lowest BCUT2D eigenvalue weighted by Crippen LogP contribution is -2.42. The van der Waals surface area contributed by atoms with Gasteiger partial charge >= 0.3 is 0 Å². The second kappa shape index (κ2) is 5.82. The first kappa shape index (κ1) is 13.5. The molecule has 102 valence electrons. The zero-order chi connectivity index (χ0) is 13.8. The van der Waals surface area contributed by atoms with Gasteiger partial charge in [-0.25, -0.2) is 0 Å². The second-order valence-corrected chi connectivity index (χ2v) is 5.04. The number of amides is 1. The van der Waals surface area contributed by atoms with Crippen molar-refractivity contribution in [2.45, 2.75) is 38.6 Å². The van der Waals surface area contributed by atoms with Crippen molar-refractivity contribution in [1.29, 1.82) is 0 Å². The van der Waals surface area contributed by atoms with Gasteiger partial charge in [-0.15, -0.1) is 0 Å². The van der Waals surface area contributed by atoms with Crippen LogP contribution in [0.25, 0.3) is 0 Å². The first-order chi connectivity index (χ1) is 9.08. The van der Waals surface area contributed by atoms with Crippen LogP contribution in [0.3, 0.4) is 0 Å². The zero-order valence-corrected chi connectivity index (χ0v) is 11.0. The third kappa shape index (κ3) is 3.30. The highest BCUT2D eigenvalue weighted by molar-refractivity contribution is 5.79. The summed E-state index contributed by atoms with van der Waals surface area (Å²) < 4.78 is 0. The molecule has 0 bridgehead atoms. The van der Waals surface area contributed by atoms with Gasteiger partial charge in [0.15, 0.2) is 0 Å². The van der Waals surface area contributed by atoms with Crippen LogP contribution in [-0.2, 0) is 11.2 Å². The Kier molecular flexibility index (Phi) is 4.14. The molecule has 1 atom stereocenters. The SMILES string of the molecule is C[C@H]1CCCCN1C(=O)Cc1cccc([N+](=O)[O-])c1. The summed E-state index contributed by atoms with van der Waals surface area (Å²) in [6, 6.07) is 6.59. The second-order valence-electron chi connectivity index (χ2n) is 5.04. The lowest BCUT2D eigenvalue weighted by molar-refractivity contribution is -0.384. The van der Waals surface area contributed by atoms with Crippen molar-refractivity contribution in [1.82, 2.24) is 4.90 Å². The van der Waals surface area contributed by atoms with Gasteiger partial charge in [0.05, 0.1) is 11.3 Å². The van der Waals surface area contributed by atoms with Crippen LogP contribution in [-0.4, -0.2) is 28.3 Å². The molecule has 1 aliphatic heterocycles. The summed E-state index contributed by atoms with van der Waals surface area (Å²) in [5, 5.41) is 10.7. The molecule has 0 saturated carbocycles. The van der Waals surface area contributed by atoms with Gasteiger partial charge in [0.2, 0.25) is 5.91 Å². The van der Waals surface area contributed by atoms with E-state index in [2.05, 4.69) is 6.92 Å². The first-order valence-corrected chi connectivity index (χ1v) is 6.60. The Labute approximate surface area is 112 Å². The summed E-state index contributed by atoms with van der Waals surface area (Å²) in [6.45, 7) is 2.86. The predicted octanol–water partition coefficient (Wildman–Crippen LogP) is 2.54. The van der Waals surface area contributed by atoms with E-state index in [-0.39, 0.29) is 24.1 Å². The molecule has 0 aromatic heterocycles. The van der Waals surface area contributed by atoms with Crippen LogP contribution in [0.5, 0.6) is 0 Å². The van der Waals surface area contributed by atoms with E-state index in [4.69, 9.17) is 0 Å². The van der Waals surface area contributed by atoms with Crippen LogP contribution in [0.2, 0.25) is 0 Å². The van der Waals surface area contributed by atoms with E-state index in [1.165, 1.54) is 18.6 Å². The summed E-state index contributed by atoms with van der Waals surface area (Å²) in [7, 11) is 0. The summed E-state index contributed by atoms with van der Waals surface area (Å²) in [6.07, 6.45) is 3.50. The van der Waals surface area contributed by atoms with Crippen LogP contribution in [0.4, 0.5) is 5.69 Å². The Morgan fingerprint density at radius 1 is 1.47 bits per heavy atom. The minimum Gasteiger partial charge on any atom is -0.340 e. The molecule has 19 heavy (non-hydrogen) atoms. The topological polar surface area (TPSA) is 63.5 Å². The number of likely N-dealkylation sites (tertiary alicyclic amines) is 1. The lowest BCUT2D eigenvalue weighted by atomic mass is 10.0. The Morgan fingerprint density at radius 2 is 2.26 bits per heavy atom. The van der Waals surface area contributed by atoms with Crippen molar-refractivity contribution in [3.05, 3.63) is 39.9 Å². The number of hydrogen-bond donors (Lipinski definition) is 0. The number of non-ortho nitro benzene ring substituents is 1. The highest BCUT2D eigenvalue weighted by Gasteiger charge is 2.23. The van der Waals surface area contributed by atoms with Crippen molar-refractivity contribution >= 4 is 11.6 Å². The summed E-state index contributed by atoms with van der Waals surface area (Å²) in [4.78, 5) is 24.4. The Bertz CT molecular complexity index is 487. The van der Waals surface area contributed by atoms with Crippen molar-refractivity contribution in [3.8, 4) is 0 Å². The highest BCUT2D eigenvalue weighted by atomic mass is 16.6. The largest absolute Gasteiger partial charge is 0.340 e. The number of nitro groups is 1. The van der Waals surface area contributed by atoms with Gasteiger partial charge in [-0.3, -0.25) is 14.9 Å². The normalized spacial score (nSPS) is 19.2. The number of carbonyl (C=O) groups excluding carboxylic acids is 1. The van der Waals surface area contributed by atoms with Gasteiger partial charge in [0.25, 0.3) is 5.69 Å². The molecule has 1 fully saturated rings. The number of hydrogen-bond acceptors (Lipinski definition) is 3. The number of carbonyl (C=O) groups is 1. The molecule has 5 heteroatoms. The predicted molar refractivity (Wildman–Crippen MR) is 71.8 cm³/mol. The van der Waals surface area contributed by atoms with Gasteiger partial charge in [-0.05, 0) is 31.7 Å². The monoisotopic (exact) mass is 262 g/mol. The quantitative estimate of drug-likeness (QED) is 0.621. The molecule has 1 amide bonds. The van der Waals surface area contributed by atoms with E-state index in [9.17, 15) is 14.9 Å². The summed E-state index contributed by atoms with van der Waals surface area (Å²) in [5.41, 5.74) is 0.744. The fourth-order valence-electron chi connectivity index (χ4n) is 2.52. The molecule has 0 aliphatic carbocycles. The molecular weight excluding hydrogens is 244 g/mol. The molecule has 2 rings (SSSR count). The average Bonchev–Trinajstić information content (AvgIpc) is 2.39. The van der Waals surface area contributed by atoms with Gasteiger partial charge in [0.1, 0.15) is 0 Å². The average molecular weight is 262 g/mol.